The Labute approximate surface area is 87.9 Å². The molecule has 1 rings (SSSR count). The van der Waals surface area contributed by atoms with E-state index in [0.717, 1.165) is 12.1 Å². The number of nitrogens with one attached hydrogen (secondary N) is 2. The Kier molecular flexibility index (Phi) is 3.99. The molecule has 2 N–H and O–H groups in total. The molecule has 0 unspecified atom stereocenters. The summed E-state index contributed by atoms with van der Waals surface area (Å²) in [6.45, 7) is 3.11. The molecule has 1 aromatic heterocycles. The van der Waals surface area contributed by atoms with Gasteiger partial charge in [-0.1, -0.05) is 0 Å². The van der Waals surface area contributed by atoms with Crippen LogP contribution in [0, 0.1) is 17.0 Å². The highest BCUT2D eigenvalue weighted by atomic mass is 16.6. The third-order valence-corrected chi connectivity index (χ3v) is 1.87. The molecule has 0 saturated heterocycles. The summed E-state index contributed by atoms with van der Waals surface area (Å²) in [7, 11) is 1.82. The Morgan fingerprint density at radius 2 is 2.27 bits per heavy atom. The Morgan fingerprint density at radius 3 is 2.87 bits per heavy atom. The predicted octanol–water partition coefficient (Wildman–Crippen LogP) is 0.930. The first-order chi connectivity index (χ1) is 7.15. The van der Waals surface area contributed by atoms with E-state index in [9.17, 15) is 10.1 Å². The maximum atomic E-state index is 10.7. The van der Waals surface area contributed by atoms with Crippen molar-refractivity contribution in [2.45, 2.75) is 6.92 Å². The van der Waals surface area contributed by atoms with Gasteiger partial charge >= 0.3 is 5.69 Å². The Balaban J connectivity index is 2.81. The first-order valence-corrected chi connectivity index (χ1v) is 4.64. The number of likely N-dealkylation sites (N-methyl/N-ethyl adjacent to an activating group) is 1. The summed E-state index contributed by atoms with van der Waals surface area (Å²) in [5.41, 5.74) is 0.798. The first-order valence-electron chi connectivity index (χ1n) is 4.64. The lowest BCUT2D eigenvalue weighted by molar-refractivity contribution is -0.384. The number of hydrogen-bond donors (Lipinski definition) is 2. The molecule has 0 aliphatic carbocycles. The van der Waals surface area contributed by atoms with Gasteiger partial charge in [-0.05, 0) is 19.5 Å². The van der Waals surface area contributed by atoms with E-state index in [4.69, 9.17) is 0 Å². The predicted molar refractivity (Wildman–Crippen MR) is 58.0 cm³/mol. The molecule has 0 spiro atoms. The van der Waals surface area contributed by atoms with Crippen LogP contribution in [0.25, 0.3) is 0 Å². The summed E-state index contributed by atoms with van der Waals surface area (Å²) in [5.74, 6) is 0.320. The van der Waals surface area contributed by atoms with Gasteiger partial charge in [-0.2, -0.15) is 0 Å². The van der Waals surface area contributed by atoms with Crippen LogP contribution >= 0.6 is 0 Å². The zero-order chi connectivity index (χ0) is 11.3. The normalized spacial score (nSPS) is 10.0. The van der Waals surface area contributed by atoms with Crippen LogP contribution in [-0.4, -0.2) is 30.0 Å². The number of rotatable bonds is 5. The van der Waals surface area contributed by atoms with Crippen LogP contribution in [-0.2, 0) is 0 Å². The highest BCUT2D eigenvalue weighted by Crippen LogP contribution is 2.21. The lowest BCUT2D eigenvalue weighted by atomic mass is 10.3. The lowest BCUT2D eigenvalue weighted by Gasteiger charge is -2.05. The molecule has 0 aliphatic heterocycles. The fourth-order valence-corrected chi connectivity index (χ4v) is 1.14. The van der Waals surface area contributed by atoms with E-state index < -0.39 is 4.92 Å². The van der Waals surface area contributed by atoms with E-state index in [0.29, 0.717) is 12.4 Å². The average molecular weight is 210 g/mol. The minimum absolute atomic E-state index is 0.0195. The zero-order valence-electron chi connectivity index (χ0n) is 8.78. The van der Waals surface area contributed by atoms with Gasteiger partial charge in [-0.25, -0.2) is 4.98 Å². The molecular weight excluding hydrogens is 196 g/mol. The van der Waals surface area contributed by atoms with Gasteiger partial charge < -0.3 is 10.6 Å². The molecule has 0 aromatic carbocycles. The van der Waals surface area contributed by atoms with Crippen LogP contribution in [0.2, 0.25) is 0 Å². The summed E-state index contributed by atoms with van der Waals surface area (Å²) in [6, 6.07) is 1.51. The zero-order valence-corrected chi connectivity index (χ0v) is 8.78. The maximum Gasteiger partial charge on any atom is 0.311 e. The SMILES string of the molecule is CNCCNc1ncc(C)cc1[N+](=O)[O-]. The van der Waals surface area contributed by atoms with E-state index in [2.05, 4.69) is 15.6 Å². The van der Waals surface area contributed by atoms with Gasteiger partial charge in [0, 0.05) is 25.4 Å². The number of nitro groups is 1. The molecule has 6 nitrogen and oxygen atoms in total. The van der Waals surface area contributed by atoms with Crippen molar-refractivity contribution in [1.29, 1.82) is 0 Å². The third kappa shape index (κ3) is 3.17. The quantitative estimate of drug-likeness (QED) is 0.429. The second kappa shape index (κ2) is 5.26. The fourth-order valence-electron chi connectivity index (χ4n) is 1.14. The minimum Gasteiger partial charge on any atom is -0.363 e. The molecule has 0 fully saturated rings. The summed E-state index contributed by atoms with van der Waals surface area (Å²) in [4.78, 5) is 14.3. The van der Waals surface area contributed by atoms with E-state index in [1.165, 1.54) is 6.07 Å². The van der Waals surface area contributed by atoms with Gasteiger partial charge in [-0.15, -0.1) is 0 Å². The highest BCUT2D eigenvalue weighted by molar-refractivity contribution is 5.56. The molecule has 1 aromatic rings. The third-order valence-electron chi connectivity index (χ3n) is 1.87. The molecule has 0 saturated carbocycles. The van der Waals surface area contributed by atoms with Crippen LogP contribution in [0.4, 0.5) is 11.5 Å². The monoisotopic (exact) mass is 210 g/mol. The molecule has 6 heteroatoms. The van der Waals surface area contributed by atoms with Crippen molar-refractivity contribution in [2.24, 2.45) is 0 Å². The van der Waals surface area contributed by atoms with Crippen LogP contribution in [0.15, 0.2) is 12.3 Å². The molecule has 0 aliphatic rings. The van der Waals surface area contributed by atoms with E-state index >= 15 is 0 Å². The Morgan fingerprint density at radius 1 is 1.53 bits per heavy atom. The number of aryl methyl sites for hydroxylation is 1. The van der Waals surface area contributed by atoms with Crippen molar-refractivity contribution < 1.29 is 4.92 Å². The van der Waals surface area contributed by atoms with Gasteiger partial charge in [0.25, 0.3) is 0 Å². The number of hydrogen-bond acceptors (Lipinski definition) is 5. The van der Waals surface area contributed by atoms with Crippen molar-refractivity contribution in [2.75, 3.05) is 25.5 Å². The summed E-state index contributed by atoms with van der Waals surface area (Å²) < 4.78 is 0. The number of anilines is 1. The number of nitrogens with zero attached hydrogens (tertiary/aromatic N) is 2. The lowest BCUT2D eigenvalue weighted by Crippen LogP contribution is -2.18. The summed E-state index contributed by atoms with van der Waals surface area (Å²) >= 11 is 0. The molecule has 0 bridgehead atoms. The molecular formula is C9H14N4O2. The van der Waals surface area contributed by atoms with Gasteiger partial charge in [0.05, 0.1) is 4.92 Å². The van der Waals surface area contributed by atoms with Crippen molar-refractivity contribution in [3.8, 4) is 0 Å². The van der Waals surface area contributed by atoms with Crippen molar-refractivity contribution in [1.82, 2.24) is 10.3 Å². The van der Waals surface area contributed by atoms with E-state index in [1.54, 1.807) is 13.1 Å². The molecule has 15 heavy (non-hydrogen) atoms. The highest BCUT2D eigenvalue weighted by Gasteiger charge is 2.14. The standard InChI is InChI=1S/C9H14N4O2/c1-7-5-8(13(14)15)9(12-6-7)11-4-3-10-2/h5-6,10H,3-4H2,1-2H3,(H,11,12). The fraction of sp³-hybridized carbons (Fsp3) is 0.444. The van der Waals surface area contributed by atoms with Gasteiger partial charge in [0.1, 0.15) is 0 Å². The van der Waals surface area contributed by atoms with Gasteiger partial charge in [0.2, 0.25) is 5.82 Å². The second-order valence-corrected chi connectivity index (χ2v) is 3.17. The van der Waals surface area contributed by atoms with Crippen molar-refractivity contribution in [3.63, 3.8) is 0 Å². The molecule has 0 radical (unpaired) electrons. The summed E-state index contributed by atoms with van der Waals surface area (Å²) in [6.07, 6.45) is 1.61. The van der Waals surface area contributed by atoms with Crippen molar-refractivity contribution in [3.05, 3.63) is 27.9 Å². The van der Waals surface area contributed by atoms with Gasteiger partial charge in [-0.3, -0.25) is 10.1 Å². The van der Waals surface area contributed by atoms with Crippen LogP contribution in [0.5, 0.6) is 0 Å². The Hall–Kier alpha value is -1.69. The van der Waals surface area contributed by atoms with Crippen molar-refractivity contribution >= 4 is 11.5 Å². The Bertz CT molecular complexity index is 354. The largest absolute Gasteiger partial charge is 0.363 e. The summed E-state index contributed by atoms with van der Waals surface area (Å²) in [5, 5.41) is 16.6. The number of pyridine rings is 1. The molecule has 0 amide bonds. The number of aromatic nitrogens is 1. The minimum atomic E-state index is -0.429. The molecule has 82 valence electrons. The average Bonchev–Trinajstić information content (AvgIpc) is 2.20. The van der Waals surface area contributed by atoms with Crippen LogP contribution in [0.1, 0.15) is 5.56 Å². The first kappa shape index (κ1) is 11.4. The molecule has 0 atom stereocenters. The van der Waals surface area contributed by atoms with Gasteiger partial charge in [0.15, 0.2) is 0 Å². The smallest absolute Gasteiger partial charge is 0.311 e. The maximum absolute atomic E-state index is 10.7. The van der Waals surface area contributed by atoms with Crippen LogP contribution in [0.3, 0.4) is 0 Å². The molecule has 1 heterocycles. The van der Waals surface area contributed by atoms with E-state index in [1.807, 2.05) is 7.05 Å². The second-order valence-electron chi connectivity index (χ2n) is 3.17. The van der Waals surface area contributed by atoms with Crippen LogP contribution < -0.4 is 10.6 Å². The topological polar surface area (TPSA) is 80.1 Å². The van der Waals surface area contributed by atoms with E-state index in [-0.39, 0.29) is 5.69 Å².